The van der Waals surface area contributed by atoms with Gasteiger partial charge in [-0.05, 0) is 19.1 Å². The molecule has 6 nitrogen and oxygen atoms in total. The van der Waals surface area contributed by atoms with Gasteiger partial charge in [0.25, 0.3) is 0 Å². The van der Waals surface area contributed by atoms with Gasteiger partial charge in [-0.1, -0.05) is 16.6 Å². The van der Waals surface area contributed by atoms with E-state index in [0.717, 1.165) is 0 Å². The third-order valence-electron chi connectivity index (χ3n) is 1.82. The van der Waals surface area contributed by atoms with E-state index in [1.807, 2.05) is 6.92 Å². The van der Waals surface area contributed by atoms with Crippen LogP contribution in [0, 0.1) is 0 Å². The molecule has 0 aliphatic rings. The van der Waals surface area contributed by atoms with Crippen molar-refractivity contribution in [1.82, 2.24) is 4.49 Å². The van der Waals surface area contributed by atoms with Crippen molar-refractivity contribution in [2.45, 2.75) is 11.8 Å². The summed E-state index contributed by atoms with van der Waals surface area (Å²) in [6.45, 7) is 2.27. The summed E-state index contributed by atoms with van der Waals surface area (Å²) in [6, 6.07) is 6.80. The second kappa shape index (κ2) is 7.66. The molecule has 0 radical (unpaired) electrons. The van der Waals surface area contributed by atoms with Crippen LogP contribution in [-0.2, 0) is 15.9 Å². The zero-order chi connectivity index (χ0) is 13.6. The first-order valence-corrected chi connectivity index (χ1v) is 10.7. The molecule has 0 aliphatic heterocycles. The zero-order valence-corrected chi connectivity index (χ0v) is 12.9. The SMILES string of the molecule is CCOc1ccccc1[S+]([O-])NP(=O)(SN)SN. The largest absolute Gasteiger partial charge is 0.592 e. The Bertz CT molecular complexity index is 429. The first-order chi connectivity index (χ1) is 8.56. The smallest absolute Gasteiger partial charge is 0.323 e. The first kappa shape index (κ1) is 16.2. The van der Waals surface area contributed by atoms with Gasteiger partial charge in [0.15, 0.2) is 5.75 Å². The molecular weight excluding hydrogens is 313 g/mol. The third kappa shape index (κ3) is 4.36. The molecule has 0 saturated carbocycles. The molecule has 5 N–H and O–H groups in total. The summed E-state index contributed by atoms with van der Waals surface area (Å²) >= 11 is -0.579. The molecule has 1 unspecified atom stereocenters. The van der Waals surface area contributed by atoms with Gasteiger partial charge in [-0.25, -0.2) is 0 Å². The molecule has 1 aromatic rings. The number of nitrogens with one attached hydrogen (secondary N) is 1. The van der Waals surface area contributed by atoms with Crippen LogP contribution in [0.25, 0.3) is 0 Å². The average molecular weight is 327 g/mol. The number of rotatable bonds is 7. The lowest BCUT2D eigenvalue weighted by Gasteiger charge is -2.17. The molecule has 0 saturated heterocycles. The zero-order valence-electron chi connectivity index (χ0n) is 9.57. The maximum atomic E-state index is 12.1. The summed E-state index contributed by atoms with van der Waals surface area (Å²) in [6.07, 6.45) is 0. The Labute approximate surface area is 117 Å². The highest BCUT2D eigenvalue weighted by molar-refractivity contribution is 8.89. The summed E-state index contributed by atoms with van der Waals surface area (Å²) in [5.41, 5.74) is -3.16. The Kier molecular flexibility index (Phi) is 6.89. The van der Waals surface area contributed by atoms with Gasteiger partial charge in [0.1, 0.15) is 0 Å². The van der Waals surface area contributed by atoms with Crippen molar-refractivity contribution in [1.29, 1.82) is 0 Å². The molecule has 1 aromatic carbocycles. The molecule has 0 amide bonds. The van der Waals surface area contributed by atoms with Gasteiger partial charge in [-0.15, -0.1) is 0 Å². The standard InChI is InChI=1S/C8H14N3O3PS3/c1-2-14-7-5-3-4-6-8(7)18(13)11-15(12,16-9)17-10/h3-6H,2,9-10H2,1H3,(H,11,12). The van der Waals surface area contributed by atoms with Crippen molar-refractivity contribution in [2.75, 3.05) is 6.61 Å². The molecule has 0 heterocycles. The average Bonchev–Trinajstić information content (AvgIpc) is 2.39. The Hall–Kier alpha value is 0.140. The van der Waals surface area contributed by atoms with Gasteiger partial charge >= 0.3 is 5.70 Å². The number of hydrogen-bond donors (Lipinski definition) is 3. The van der Waals surface area contributed by atoms with E-state index >= 15 is 0 Å². The molecule has 18 heavy (non-hydrogen) atoms. The maximum Gasteiger partial charge on any atom is 0.323 e. The summed E-state index contributed by atoms with van der Waals surface area (Å²) < 4.78 is 31.8. The highest BCUT2D eigenvalue weighted by Gasteiger charge is 2.30. The fourth-order valence-electron chi connectivity index (χ4n) is 1.10. The lowest BCUT2D eigenvalue weighted by molar-refractivity contribution is 0.331. The fourth-order valence-corrected chi connectivity index (χ4v) is 5.80. The molecule has 10 heteroatoms. The first-order valence-electron chi connectivity index (χ1n) is 4.84. The summed E-state index contributed by atoms with van der Waals surface area (Å²) in [5, 5.41) is 10.5. The van der Waals surface area contributed by atoms with Gasteiger partial charge < -0.3 is 9.29 Å². The van der Waals surface area contributed by atoms with E-state index in [0.29, 0.717) is 40.4 Å². The van der Waals surface area contributed by atoms with Crippen LogP contribution < -0.4 is 19.5 Å². The van der Waals surface area contributed by atoms with Crippen LogP contribution in [0.15, 0.2) is 29.2 Å². The Morgan fingerprint density at radius 2 is 2.06 bits per heavy atom. The lowest BCUT2D eigenvalue weighted by Crippen LogP contribution is -2.20. The molecule has 102 valence electrons. The van der Waals surface area contributed by atoms with Crippen molar-refractivity contribution in [3.8, 4) is 5.75 Å². The normalized spacial score (nSPS) is 13.3. The van der Waals surface area contributed by atoms with Crippen molar-refractivity contribution < 1.29 is 13.9 Å². The Balaban J connectivity index is 2.90. The van der Waals surface area contributed by atoms with Crippen LogP contribution in [0.3, 0.4) is 0 Å². The lowest BCUT2D eigenvalue weighted by atomic mass is 10.3. The predicted octanol–water partition coefficient (Wildman–Crippen LogP) is 2.02. The minimum absolute atomic E-state index is 0.405. The van der Waals surface area contributed by atoms with Gasteiger partial charge in [-0.3, -0.25) is 14.8 Å². The van der Waals surface area contributed by atoms with Crippen LogP contribution in [-0.4, -0.2) is 11.2 Å². The molecule has 1 atom stereocenters. The number of hydrogen-bond acceptors (Lipinski definition) is 7. The fraction of sp³-hybridized carbons (Fsp3) is 0.250. The van der Waals surface area contributed by atoms with Crippen LogP contribution in [0.4, 0.5) is 0 Å². The van der Waals surface area contributed by atoms with Crippen LogP contribution in [0.2, 0.25) is 0 Å². The number of nitrogens with two attached hydrogens (primary N) is 2. The summed E-state index contributed by atoms with van der Waals surface area (Å²) in [4.78, 5) is 0.405. The predicted molar refractivity (Wildman–Crippen MR) is 78.3 cm³/mol. The van der Waals surface area contributed by atoms with Crippen LogP contribution in [0.1, 0.15) is 6.92 Å². The van der Waals surface area contributed by atoms with Crippen molar-refractivity contribution in [3.05, 3.63) is 24.3 Å². The minimum atomic E-state index is -3.16. The van der Waals surface area contributed by atoms with Crippen LogP contribution in [0.5, 0.6) is 5.75 Å². The van der Waals surface area contributed by atoms with Crippen molar-refractivity contribution in [3.63, 3.8) is 0 Å². The van der Waals surface area contributed by atoms with Gasteiger partial charge in [0.05, 0.1) is 18.0 Å². The molecule has 1 rings (SSSR count). The number of benzene rings is 1. The second-order valence-electron chi connectivity index (χ2n) is 2.95. The maximum absolute atomic E-state index is 12.1. The van der Waals surface area contributed by atoms with E-state index in [1.54, 1.807) is 24.3 Å². The quantitative estimate of drug-likeness (QED) is 0.396. The molecular formula is C8H14N3O3PS3. The number of ether oxygens (including phenoxy) is 1. The molecule has 0 aliphatic carbocycles. The van der Waals surface area contributed by atoms with E-state index in [1.165, 1.54) is 0 Å². The van der Waals surface area contributed by atoms with E-state index in [9.17, 15) is 9.12 Å². The van der Waals surface area contributed by atoms with Crippen LogP contribution >= 0.6 is 28.8 Å². The topological polar surface area (TPSA) is 113 Å². The molecule has 0 bridgehead atoms. The minimum Gasteiger partial charge on any atom is -0.592 e. The van der Waals surface area contributed by atoms with Gasteiger partial charge in [0, 0.05) is 23.1 Å². The Morgan fingerprint density at radius 1 is 1.44 bits per heavy atom. The number of para-hydroxylation sites is 1. The summed E-state index contributed by atoms with van der Waals surface area (Å²) in [5.74, 6) is 0.474. The third-order valence-corrected chi connectivity index (χ3v) is 9.23. The highest BCUT2D eigenvalue weighted by atomic mass is 33.1. The summed E-state index contributed by atoms with van der Waals surface area (Å²) in [7, 11) is 0. The van der Waals surface area contributed by atoms with E-state index in [-0.39, 0.29) is 0 Å². The van der Waals surface area contributed by atoms with Gasteiger partial charge in [-0.2, -0.15) is 0 Å². The van der Waals surface area contributed by atoms with Crippen molar-refractivity contribution in [2.24, 2.45) is 10.3 Å². The molecule has 0 fully saturated rings. The monoisotopic (exact) mass is 327 g/mol. The molecule has 0 aromatic heterocycles. The van der Waals surface area contributed by atoms with E-state index in [2.05, 4.69) is 4.49 Å². The van der Waals surface area contributed by atoms with Gasteiger partial charge in [0.2, 0.25) is 4.90 Å². The van der Waals surface area contributed by atoms with E-state index < -0.39 is 17.1 Å². The Morgan fingerprint density at radius 3 is 2.61 bits per heavy atom. The highest BCUT2D eigenvalue weighted by Crippen LogP contribution is 2.61. The molecule has 0 spiro atoms. The van der Waals surface area contributed by atoms with E-state index in [4.69, 9.17) is 15.0 Å². The van der Waals surface area contributed by atoms with Crippen molar-refractivity contribution >= 4 is 40.2 Å². The second-order valence-corrected chi connectivity index (χ2v) is 11.1.